The standard InChI is InChI=1S/C13H12F2N2O2/c14-8-4-9(15)11(5-10(8)16)17-12(18)6-2-1-3-7(6)13(17)19/h4-7H,1-3,16H2. The fourth-order valence-corrected chi connectivity index (χ4v) is 2.95. The van der Waals surface area contributed by atoms with E-state index in [1.165, 1.54) is 0 Å². The van der Waals surface area contributed by atoms with Crippen molar-refractivity contribution in [3.63, 3.8) is 0 Å². The molecule has 2 unspecified atom stereocenters. The van der Waals surface area contributed by atoms with Crippen molar-refractivity contribution in [2.24, 2.45) is 11.8 Å². The number of nitrogen functional groups attached to an aromatic ring is 1. The zero-order valence-corrected chi connectivity index (χ0v) is 10.0. The minimum Gasteiger partial charge on any atom is -0.396 e. The molecule has 1 heterocycles. The number of amides is 2. The van der Waals surface area contributed by atoms with E-state index in [1.54, 1.807) is 0 Å². The van der Waals surface area contributed by atoms with E-state index >= 15 is 0 Å². The Morgan fingerprint density at radius 3 is 2.21 bits per heavy atom. The summed E-state index contributed by atoms with van der Waals surface area (Å²) in [5, 5.41) is 0. The summed E-state index contributed by atoms with van der Waals surface area (Å²) in [6.07, 6.45) is 2.11. The first-order valence-electron chi connectivity index (χ1n) is 6.13. The van der Waals surface area contributed by atoms with E-state index in [2.05, 4.69) is 0 Å². The van der Waals surface area contributed by atoms with Gasteiger partial charge >= 0.3 is 0 Å². The second-order valence-electron chi connectivity index (χ2n) is 4.98. The van der Waals surface area contributed by atoms with Crippen molar-refractivity contribution in [3.8, 4) is 0 Å². The Morgan fingerprint density at radius 2 is 1.63 bits per heavy atom. The third kappa shape index (κ3) is 1.63. The van der Waals surface area contributed by atoms with Gasteiger partial charge in [-0.3, -0.25) is 9.59 Å². The second kappa shape index (κ2) is 4.01. The highest BCUT2D eigenvalue weighted by Crippen LogP contribution is 2.42. The Bertz CT molecular complexity index is 566. The number of carbonyl (C=O) groups excluding carboxylic acids is 2. The lowest BCUT2D eigenvalue weighted by Crippen LogP contribution is -2.32. The summed E-state index contributed by atoms with van der Waals surface area (Å²) in [5.41, 5.74) is 4.84. The maximum absolute atomic E-state index is 13.8. The van der Waals surface area contributed by atoms with Gasteiger partial charge in [0.05, 0.1) is 23.2 Å². The molecule has 100 valence electrons. The smallest absolute Gasteiger partial charge is 0.237 e. The van der Waals surface area contributed by atoms with Crippen LogP contribution in [0.4, 0.5) is 20.2 Å². The van der Waals surface area contributed by atoms with Crippen molar-refractivity contribution in [1.29, 1.82) is 0 Å². The number of imide groups is 1. The number of rotatable bonds is 1. The van der Waals surface area contributed by atoms with Gasteiger partial charge in [-0.05, 0) is 18.9 Å². The SMILES string of the molecule is Nc1cc(N2C(=O)C3CCCC3C2=O)c(F)cc1F. The van der Waals surface area contributed by atoms with Gasteiger partial charge in [0.1, 0.15) is 11.6 Å². The molecule has 2 atom stereocenters. The summed E-state index contributed by atoms with van der Waals surface area (Å²) in [6, 6.07) is 1.60. The van der Waals surface area contributed by atoms with E-state index < -0.39 is 23.4 Å². The molecule has 1 aromatic carbocycles. The summed E-state index contributed by atoms with van der Waals surface area (Å²) in [4.78, 5) is 25.1. The molecule has 1 aromatic rings. The number of benzene rings is 1. The topological polar surface area (TPSA) is 63.4 Å². The minimum absolute atomic E-state index is 0.247. The van der Waals surface area contributed by atoms with Crippen molar-refractivity contribution in [1.82, 2.24) is 0 Å². The fraction of sp³-hybridized carbons (Fsp3) is 0.385. The average Bonchev–Trinajstić information content (AvgIpc) is 2.91. The number of fused-ring (bicyclic) bond motifs is 1. The first kappa shape index (κ1) is 12.1. The van der Waals surface area contributed by atoms with Gasteiger partial charge in [-0.25, -0.2) is 13.7 Å². The maximum atomic E-state index is 13.8. The molecule has 2 aliphatic rings. The van der Waals surface area contributed by atoms with Crippen LogP contribution in [0.15, 0.2) is 12.1 Å². The highest BCUT2D eigenvalue weighted by molar-refractivity contribution is 6.22. The first-order chi connectivity index (χ1) is 9.00. The third-order valence-electron chi connectivity index (χ3n) is 3.90. The largest absolute Gasteiger partial charge is 0.396 e. The van der Waals surface area contributed by atoms with Gasteiger partial charge in [-0.2, -0.15) is 0 Å². The summed E-state index contributed by atoms with van der Waals surface area (Å²) in [7, 11) is 0. The molecular weight excluding hydrogens is 254 g/mol. The number of nitrogens with two attached hydrogens (primary N) is 1. The van der Waals surface area contributed by atoms with Crippen LogP contribution in [0.1, 0.15) is 19.3 Å². The second-order valence-corrected chi connectivity index (χ2v) is 4.98. The molecule has 2 amide bonds. The predicted octanol–water partition coefficient (Wildman–Crippen LogP) is 1.84. The number of carbonyl (C=O) groups is 2. The van der Waals surface area contributed by atoms with Gasteiger partial charge in [0.2, 0.25) is 11.8 Å². The number of hydrogen-bond donors (Lipinski definition) is 1. The number of hydrogen-bond acceptors (Lipinski definition) is 3. The summed E-state index contributed by atoms with van der Waals surface area (Å²) >= 11 is 0. The molecule has 1 aliphatic heterocycles. The molecular formula is C13H12F2N2O2. The maximum Gasteiger partial charge on any atom is 0.237 e. The van der Waals surface area contributed by atoms with Crippen molar-refractivity contribution in [2.75, 3.05) is 10.6 Å². The Morgan fingerprint density at radius 1 is 1.05 bits per heavy atom. The molecule has 2 fully saturated rings. The Hall–Kier alpha value is -1.98. The van der Waals surface area contributed by atoms with Crippen LogP contribution in [0.3, 0.4) is 0 Å². The van der Waals surface area contributed by atoms with E-state index in [0.717, 1.165) is 17.4 Å². The van der Waals surface area contributed by atoms with Crippen molar-refractivity contribution < 1.29 is 18.4 Å². The quantitative estimate of drug-likeness (QED) is 0.623. The van der Waals surface area contributed by atoms with Crippen molar-refractivity contribution >= 4 is 23.2 Å². The van der Waals surface area contributed by atoms with Crippen LogP contribution in [0, 0.1) is 23.5 Å². The number of halogens is 2. The molecule has 1 saturated heterocycles. The molecule has 1 aliphatic carbocycles. The molecule has 3 rings (SSSR count). The minimum atomic E-state index is -0.951. The molecule has 1 saturated carbocycles. The van der Waals surface area contributed by atoms with Crippen LogP contribution < -0.4 is 10.6 Å². The molecule has 0 aromatic heterocycles. The summed E-state index contributed by atoms with van der Waals surface area (Å²) in [5.74, 6) is -3.39. The lowest BCUT2D eigenvalue weighted by atomic mass is 10.00. The van der Waals surface area contributed by atoms with Gasteiger partial charge in [0, 0.05) is 6.07 Å². The van der Waals surface area contributed by atoms with Crippen LogP contribution in [-0.2, 0) is 9.59 Å². The molecule has 0 spiro atoms. The molecule has 4 nitrogen and oxygen atoms in total. The van der Waals surface area contributed by atoms with Crippen molar-refractivity contribution in [3.05, 3.63) is 23.8 Å². The number of anilines is 2. The van der Waals surface area contributed by atoms with Gasteiger partial charge in [0.15, 0.2) is 0 Å². The zero-order chi connectivity index (χ0) is 13.7. The van der Waals surface area contributed by atoms with Crippen LogP contribution in [0.25, 0.3) is 0 Å². The van der Waals surface area contributed by atoms with Crippen LogP contribution in [-0.4, -0.2) is 11.8 Å². The van der Waals surface area contributed by atoms with E-state index in [-0.39, 0.29) is 23.2 Å². The monoisotopic (exact) mass is 266 g/mol. The van der Waals surface area contributed by atoms with E-state index in [9.17, 15) is 18.4 Å². The van der Waals surface area contributed by atoms with Crippen LogP contribution >= 0.6 is 0 Å². The van der Waals surface area contributed by atoms with E-state index in [4.69, 9.17) is 5.73 Å². The lowest BCUT2D eigenvalue weighted by molar-refractivity contribution is -0.122. The van der Waals surface area contributed by atoms with Gasteiger partial charge in [-0.15, -0.1) is 0 Å². The van der Waals surface area contributed by atoms with E-state index in [0.29, 0.717) is 18.9 Å². The van der Waals surface area contributed by atoms with Crippen molar-refractivity contribution in [2.45, 2.75) is 19.3 Å². The van der Waals surface area contributed by atoms with Crippen LogP contribution in [0.5, 0.6) is 0 Å². The Kier molecular flexibility index (Phi) is 2.55. The number of nitrogens with zero attached hydrogens (tertiary/aromatic N) is 1. The molecule has 0 radical (unpaired) electrons. The highest BCUT2D eigenvalue weighted by Gasteiger charge is 2.50. The van der Waals surface area contributed by atoms with Crippen LogP contribution in [0.2, 0.25) is 0 Å². The molecule has 6 heteroatoms. The molecule has 2 N–H and O–H groups in total. The summed E-state index contributed by atoms with van der Waals surface area (Å²) in [6.45, 7) is 0. The predicted molar refractivity (Wildman–Crippen MR) is 64.1 cm³/mol. The first-order valence-corrected chi connectivity index (χ1v) is 6.13. The van der Waals surface area contributed by atoms with Gasteiger partial charge in [0.25, 0.3) is 0 Å². The zero-order valence-electron chi connectivity index (χ0n) is 10.0. The summed E-state index contributed by atoms with van der Waals surface area (Å²) < 4.78 is 26.9. The normalized spacial score (nSPS) is 26.1. The highest BCUT2D eigenvalue weighted by atomic mass is 19.1. The Labute approximate surface area is 108 Å². The Balaban J connectivity index is 2.06. The van der Waals surface area contributed by atoms with Gasteiger partial charge < -0.3 is 5.73 Å². The van der Waals surface area contributed by atoms with E-state index in [1.807, 2.05) is 0 Å². The fourth-order valence-electron chi connectivity index (χ4n) is 2.95. The van der Waals surface area contributed by atoms with Gasteiger partial charge in [-0.1, -0.05) is 6.42 Å². The lowest BCUT2D eigenvalue weighted by Gasteiger charge is -2.17. The molecule has 19 heavy (non-hydrogen) atoms. The molecule has 0 bridgehead atoms. The average molecular weight is 266 g/mol. The third-order valence-corrected chi connectivity index (χ3v) is 3.90.